The monoisotopic (exact) mass is 266 g/mol. The number of nitrogens with two attached hydrogens (primary N) is 1. The molecule has 2 N–H and O–H groups in total. The van der Waals surface area contributed by atoms with Crippen molar-refractivity contribution in [3.63, 3.8) is 0 Å². The maximum absolute atomic E-state index is 5.69. The van der Waals surface area contributed by atoms with Crippen molar-refractivity contribution in [1.29, 1.82) is 0 Å². The Bertz CT molecular complexity index is 546. The fourth-order valence-corrected chi connectivity index (χ4v) is 2.66. The van der Waals surface area contributed by atoms with Crippen molar-refractivity contribution < 1.29 is 4.74 Å². The Kier molecular flexibility index (Phi) is 3.06. The Labute approximate surface area is 108 Å². The predicted octanol–water partition coefficient (Wildman–Crippen LogP) is 0.601. The summed E-state index contributed by atoms with van der Waals surface area (Å²) in [7, 11) is 1.64. The molecule has 1 fully saturated rings. The minimum absolute atomic E-state index is 0.412. The smallest absolute Gasteiger partial charge is 0.234 e. The Morgan fingerprint density at radius 1 is 1.39 bits per heavy atom. The molecule has 0 saturated heterocycles. The highest BCUT2D eigenvalue weighted by molar-refractivity contribution is 7.13. The highest BCUT2D eigenvalue weighted by atomic mass is 32.1. The molecule has 0 aliphatic heterocycles. The number of methoxy groups -OCH3 is 1. The van der Waals surface area contributed by atoms with Crippen LogP contribution in [0.1, 0.15) is 35.2 Å². The van der Waals surface area contributed by atoms with Crippen LogP contribution in [0, 0.1) is 0 Å². The number of aromatic nitrogens is 5. The zero-order chi connectivity index (χ0) is 12.5. The van der Waals surface area contributed by atoms with Crippen LogP contribution in [0.4, 0.5) is 0 Å². The van der Waals surface area contributed by atoms with Gasteiger partial charge in [0.05, 0.1) is 5.69 Å². The van der Waals surface area contributed by atoms with Crippen LogP contribution in [0.25, 0.3) is 5.13 Å². The first-order valence-electron chi connectivity index (χ1n) is 5.79. The van der Waals surface area contributed by atoms with Crippen molar-refractivity contribution in [2.24, 2.45) is 5.73 Å². The van der Waals surface area contributed by atoms with E-state index in [1.54, 1.807) is 11.8 Å². The van der Waals surface area contributed by atoms with Gasteiger partial charge < -0.3 is 10.5 Å². The zero-order valence-electron chi connectivity index (χ0n) is 10.0. The van der Waals surface area contributed by atoms with Crippen molar-refractivity contribution in [3.05, 3.63) is 16.4 Å². The van der Waals surface area contributed by atoms with Gasteiger partial charge in [-0.2, -0.15) is 4.68 Å². The van der Waals surface area contributed by atoms with Gasteiger partial charge in [-0.05, 0) is 12.8 Å². The second-order valence-corrected chi connectivity index (χ2v) is 5.26. The summed E-state index contributed by atoms with van der Waals surface area (Å²) in [4.78, 5) is 0. The van der Waals surface area contributed by atoms with E-state index in [2.05, 4.69) is 20.5 Å². The number of hydrogen-bond acceptors (Lipinski definition) is 7. The van der Waals surface area contributed by atoms with E-state index >= 15 is 0 Å². The molecule has 7 nitrogen and oxygen atoms in total. The van der Waals surface area contributed by atoms with E-state index in [0.29, 0.717) is 19.1 Å². The molecule has 0 spiro atoms. The van der Waals surface area contributed by atoms with Crippen LogP contribution in [-0.4, -0.2) is 32.3 Å². The lowest BCUT2D eigenvalue weighted by atomic mass is 10.2. The second kappa shape index (κ2) is 4.71. The molecule has 1 saturated carbocycles. The molecule has 0 atom stereocenters. The van der Waals surface area contributed by atoms with Crippen LogP contribution in [-0.2, 0) is 17.9 Å². The Hall–Kier alpha value is -1.38. The first-order chi connectivity index (χ1) is 8.83. The topological polar surface area (TPSA) is 91.7 Å². The van der Waals surface area contributed by atoms with Gasteiger partial charge in [0, 0.05) is 19.6 Å². The molecule has 2 aromatic rings. The Morgan fingerprint density at radius 3 is 2.89 bits per heavy atom. The molecule has 0 unspecified atom stereocenters. The minimum atomic E-state index is 0.412. The van der Waals surface area contributed by atoms with E-state index in [9.17, 15) is 0 Å². The third-order valence-electron chi connectivity index (χ3n) is 2.84. The molecule has 3 rings (SSSR count). The standard InChI is InChI=1S/C10H14N6OS/c1-17-5-8-13-14-10(18-8)16-9(6-2-3-6)7(4-11)12-15-16/h6H,2-5,11H2,1H3. The summed E-state index contributed by atoms with van der Waals surface area (Å²) in [6.07, 6.45) is 2.34. The van der Waals surface area contributed by atoms with Gasteiger partial charge in [0.15, 0.2) is 0 Å². The van der Waals surface area contributed by atoms with Crippen molar-refractivity contribution in [2.75, 3.05) is 7.11 Å². The SMILES string of the molecule is COCc1nnc(-n2nnc(CN)c2C2CC2)s1. The lowest BCUT2D eigenvalue weighted by Gasteiger charge is -2.01. The van der Waals surface area contributed by atoms with Crippen LogP contribution < -0.4 is 5.73 Å². The van der Waals surface area contributed by atoms with Gasteiger partial charge in [-0.3, -0.25) is 0 Å². The fourth-order valence-electron chi connectivity index (χ4n) is 1.88. The molecule has 2 heterocycles. The van der Waals surface area contributed by atoms with E-state index in [1.165, 1.54) is 24.2 Å². The highest BCUT2D eigenvalue weighted by Gasteiger charge is 2.32. The van der Waals surface area contributed by atoms with Crippen molar-refractivity contribution >= 4 is 11.3 Å². The van der Waals surface area contributed by atoms with Crippen molar-refractivity contribution in [2.45, 2.75) is 31.9 Å². The first kappa shape index (κ1) is 11.7. The van der Waals surface area contributed by atoms with E-state index in [0.717, 1.165) is 21.5 Å². The minimum Gasteiger partial charge on any atom is -0.377 e. The third kappa shape index (κ3) is 2.02. The van der Waals surface area contributed by atoms with Gasteiger partial charge in [-0.15, -0.1) is 15.3 Å². The maximum atomic E-state index is 5.69. The lowest BCUT2D eigenvalue weighted by Crippen LogP contribution is -2.04. The summed E-state index contributed by atoms with van der Waals surface area (Å²) in [5, 5.41) is 18.0. The van der Waals surface area contributed by atoms with Crippen molar-refractivity contribution in [1.82, 2.24) is 25.2 Å². The molecule has 0 aromatic carbocycles. The molecule has 0 bridgehead atoms. The molecule has 18 heavy (non-hydrogen) atoms. The molecule has 2 aromatic heterocycles. The van der Waals surface area contributed by atoms with E-state index < -0.39 is 0 Å². The van der Waals surface area contributed by atoms with Crippen LogP contribution in [0.3, 0.4) is 0 Å². The maximum Gasteiger partial charge on any atom is 0.234 e. The molecular formula is C10H14N6OS. The molecular weight excluding hydrogens is 252 g/mol. The van der Waals surface area contributed by atoms with Gasteiger partial charge in [-0.1, -0.05) is 16.6 Å². The summed E-state index contributed by atoms with van der Waals surface area (Å²) >= 11 is 1.47. The number of hydrogen-bond donors (Lipinski definition) is 1. The first-order valence-corrected chi connectivity index (χ1v) is 6.61. The van der Waals surface area contributed by atoms with Gasteiger partial charge >= 0.3 is 0 Å². The van der Waals surface area contributed by atoms with Crippen LogP contribution in [0.15, 0.2) is 0 Å². The fraction of sp³-hybridized carbons (Fsp3) is 0.600. The van der Waals surface area contributed by atoms with E-state index in [4.69, 9.17) is 10.5 Å². The van der Waals surface area contributed by atoms with Gasteiger partial charge in [0.2, 0.25) is 5.13 Å². The number of rotatable bonds is 5. The predicted molar refractivity (Wildman–Crippen MR) is 65.4 cm³/mol. The normalized spacial score (nSPS) is 15.2. The molecule has 96 valence electrons. The van der Waals surface area contributed by atoms with Crippen LogP contribution >= 0.6 is 11.3 Å². The van der Waals surface area contributed by atoms with E-state index in [-0.39, 0.29) is 0 Å². The highest BCUT2D eigenvalue weighted by Crippen LogP contribution is 2.42. The Morgan fingerprint density at radius 2 is 2.22 bits per heavy atom. The number of ether oxygens (including phenoxy) is 1. The molecule has 0 radical (unpaired) electrons. The van der Waals surface area contributed by atoms with E-state index in [1.807, 2.05) is 0 Å². The Balaban J connectivity index is 1.97. The van der Waals surface area contributed by atoms with Crippen LogP contribution in [0.2, 0.25) is 0 Å². The van der Waals surface area contributed by atoms with Gasteiger partial charge in [0.1, 0.15) is 17.3 Å². The average Bonchev–Trinajstić information content (AvgIpc) is 2.96. The summed E-state index contributed by atoms with van der Waals surface area (Å²) in [5.41, 5.74) is 7.65. The summed E-state index contributed by atoms with van der Waals surface area (Å²) in [5.74, 6) is 0.522. The summed E-state index contributed by atoms with van der Waals surface area (Å²) in [6.45, 7) is 0.879. The largest absolute Gasteiger partial charge is 0.377 e. The summed E-state index contributed by atoms with van der Waals surface area (Å²) < 4.78 is 6.81. The molecule has 1 aliphatic carbocycles. The zero-order valence-corrected chi connectivity index (χ0v) is 10.9. The molecule has 0 amide bonds. The summed E-state index contributed by atoms with van der Waals surface area (Å²) in [6, 6.07) is 0. The molecule has 8 heteroatoms. The van der Waals surface area contributed by atoms with Gasteiger partial charge in [-0.25, -0.2) is 0 Å². The molecule has 1 aliphatic rings. The van der Waals surface area contributed by atoms with Crippen molar-refractivity contribution in [3.8, 4) is 5.13 Å². The van der Waals surface area contributed by atoms with Crippen LogP contribution in [0.5, 0.6) is 0 Å². The average molecular weight is 266 g/mol. The third-order valence-corrected chi connectivity index (χ3v) is 3.71. The number of nitrogens with zero attached hydrogens (tertiary/aromatic N) is 5. The second-order valence-electron chi connectivity index (χ2n) is 4.22. The quantitative estimate of drug-likeness (QED) is 0.852. The van der Waals surface area contributed by atoms with Gasteiger partial charge in [0.25, 0.3) is 0 Å². The lowest BCUT2D eigenvalue weighted by molar-refractivity contribution is 0.184.